The molecule has 2 heterocycles. The molecule has 2 aromatic carbocycles. The molecule has 0 aliphatic carbocycles. The Morgan fingerprint density at radius 3 is 2.51 bits per heavy atom. The molecular formula is C26H27IN2O5S. The van der Waals surface area contributed by atoms with Crippen molar-refractivity contribution >= 4 is 57.5 Å². The molecule has 9 heteroatoms. The standard InChI is InChI=1S/C26H27IN2O5S/c1-17-9-11-28(12-10-17)24(30)15-29-25(31)23(35-26(29)32)14-19-5-8-21(22(13-19)33-2)34-16-18-3-6-20(27)7-4-18/h3-8,13-14,17H,9-12,15-16H2,1-2H3/b23-14-. The summed E-state index contributed by atoms with van der Waals surface area (Å²) in [5, 5.41) is -0.426. The van der Waals surface area contributed by atoms with Crippen LogP contribution < -0.4 is 9.47 Å². The molecule has 35 heavy (non-hydrogen) atoms. The number of hydrogen-bond acceptors (Lipinski definition) is 6. The molecule has 7 nitrogen and oxygen atoms in total. The first kappa shape index (κ1) is 25.6. The van der Waals surface area contributed by atoms with Gasteiger partial charge in [-0.15, -0.1) is 0 Å². The number of halogens is 1. The van der Waals surface area contributed by atoms with E-state index in [2.05, 4.69) is 29.5 Å². The van der Waals surface area contributed by atoms with Crippen LogP contribution in [0.5, 0.6) is 11.5 Å². The maximum Gasteiger partial charge on any atom is 0.294 e. The van der Waals surface area contributed by atoms with Gasteiger partial charge in [-0.2, -0.15) is 0 Å². The van der Waals surface area contributed by atoms with E-state index in [0.29, 0.717) is 42.7 Å². The second-order valence-electron chi connectivity index (χ2n) is 8.66. The molecule has 4 rings (SSSR count). The fourth-order valence-electron chi connectivity index (χ4n) is 3.92. The molecule has 2 saturated heterocycles. The van der Waals surface area contributed by atoms with Crippen LogP contribution in [0.4, 0.5) is 4.79 Å². The van der Waals surface area contributed by atoms with Gasteiger partial charge in [-0.25, -0.2) is 0 Å². The number of amides is 3. The van der Waals surface area contributed by atoms with Crippen molar-refractivity contribution in [2.24, 2.45) is 5.92 Å². The zero-order valence-corrected chi connectivity index (χ0v) is 22.6. The maximum atomic E-state index is 12.9. The summed E-state index contributed by atoms with van der Waals surface area (Å²) >= 11 is 3.10. The predicted octanol–water partition coefficient (Wildman–Crippen LogP) is 5.17. The average molecular weight is 606 g/mol. The molecule has 0 radical (unpaired) electrons. The molecule has 184 valence electrons. The molecule has 0 bridgehead atoms. The summed E-state index contributed by atoms with van der Waals surface area (Å²) in [4.78, 5) is 41.1. The molecule has 2 aromatic rings. The predicted molar refractivity (Wildman–Crippen MR) is 144 cm³/mol. The molecular weight excluding hydrogens is 579 g/mol. The van der Waals surface area contributed by atoms with Gasteiger partial charge in [-0.3, -0.25) is 19.3 Å². The van der Waals surface area contributed by atoms with E-state index < -0.39 is 11.1 Å². The summed E-state index contributed by atoms with van der Waals surface area (Å²) in [6, 6.07) is 13.4. The van der Waals surface area contributed by atoms with Crippen molar-refractivity contribution in [2.45, 2.75) is 26.4 Å². The Kier molecular flexibility index (Phi) is 8.38. The fourth-order valence-corrected chi connectivity index (χ4v) is 5.11. The number of imide groups is 1. The number of nitrogens with zero attached hydrogens (tertiary/aromatic N) is 2. The highest BCUT2D eigenvalue weighted by molar-refractivity contribution is 14.1. The third-order valence-corrected chi connectivity index (χ3v) is 7.72. The van der Waals surface area contributed by atoms with Crippen LogP contribution in [0, 0.1) is 9.49 Å². The second kappa shape index (κ2) is 11.5. The summed E-state index contributed by atoms with van der Waals surface area (Å²) in [5.74, 6) is 1.07. The van der Waals surface area contributed by atoms with Gasteiger partial charge >= 0.3 is 0 Å². The lowest BCUT2D eigenvalue weighted by atomic mass is 9.99. The maximum absolute atomic E-state index is 12.9. The van der Waals surface area contributed by atoms with Crippen molar-refractivity contribution in [1.82, 2.24) is 9.80 Å². The number of benzene rings is 2. The van der Waals surface area contributed by atoms with Gasteiger partial charge < -0.3 is 14.4 Å². The van der Waals surface area contributed by atoms with Crippen LogP contribution in [-0.2, 0) is 16.2 Å². The lowest BCUT2D eigenvalue weighted by Crippen LogP contribution is -2.45. The van der Waals surface area contributed by atoms with Crippen LogP contribution in [0.25, 0.3) is 6.08 Å². The first-order valence-corrected chi connectivity index (χ1v) is 13.3. The monoisotopic (exact) mass is 606 g/mol. The zero-order valence-electron chi connectivity index (χ0n) is 19.7. The third-order valence-electron chi connectivity index (χ3n) is 6.10. The number of carbonyl (C=O) groups excluding carboxylic acids is 3. The normalized spacial score (nSPS) is 17.9. The van der Waals surface area contributed by atoms with Gasteiger partial charge in [0.1, 0.15) is 13.2 Å². The Morgan fingerprint density at radius 2 is 1.83 bits per heavy atom. The van der Waals surface area contributed by atoms with Crippen LogP contribution in [-0.4, -0.2) is 53.6 Å². The topological polar surface area (TPSA) is 76.2 Å². The van der Waals surface area contributed by atoms with Gasteiger partial charge in [0.25, 0.3) is 11.1 Å². The minimum absolute atomic E-state index is 0.184. The van der Waals surface area contributed by atoms with E-state index in [4.69, 9.17) is 9.47 Å². The van der Waals surface area contributed by atoms with E-state index >= 15 is 0 Å². The summed E-state index contributed by atoms with van der Waals surface area (Å²) < 4.78 is 12.6. The van der Waals surface area contributed by atoms with Crippen LogP contribution in [0.3, 0.4) is 0 Å². The molecule has 0 atom stereocenters. The van der Waals surface area contributed by atoms with Crippen molar-refractivity contribution in [3.05, 3.63) is 62.1 Å². The number of carbonyl (C=O) groups is 3. The molecule has 0 N–H and O–H groups in total. The zero-order chi connectivity index (χ0) is 24.9. The Hall–Kier alpha value is -2.53. The Balaban J connectivity index is 1.42. The van der Waals surface area contributed by atoms with Gasteiger partial charge in [0.2, 0.25) is 5.91 Å². The number of ether oxygens (including phenoxy) is 2. The van der Waals surface area contributed by atoms with Crippen LogP contribution in [0.2, 0.25) is 0 Å². The van der Waals surface area contributed by atoms with Gasteiger partial charge in [-0.1, -0.05) is 25.1 Å². The van der Waals surface area contributed by atoms with Crippen molar-refractivity contribution in [1.29, 1.82) is 0 Å². The molecule has 0 unspecified atom stereocenters. The van der Waals surface area contributed by atoms with E-state index in [1.165, 1.54) is 0 Å². The number of rotatable bonds is 7. The smallest absolute Gasteiger partial charge is 0.294 e. The minimum atomic E-state index is -0.447. The van der Waals surface area contributed by atoms with Crippen molar-refractivity contribution < 1.29 is 23.9 Å². The average Bonchev–Trinajstić information content (AvgIpc) is 3.11. The Morgan fingerprint density at radius 1 is 1.11 bits per heavy atom. The van der Waals surface area contributed by atoms with E-state index in [1.54, 1.807) is 36.3 Å². The van der Waals surface area contributed by atoms with E-state index in [0.717, 1.165) is 38.6 Å². The van der Waals surface area contributed by atoms with Crippen molar-refractivity contribution in [3.8, 4) is 11.5 Å². The molecule has 2 aliphatic rings. The van der Waals surface area contributed by atoms with Gasteiger partial charge in [0.15, 0.2) is 11.5 Å². The van der Waals surface area contributed by atoms with Crippen LogP contribution in [0.15, 0.2) is 47.4 Å². The fraction of sp³-hybridized carbons (Fsp3) is 0.346. The molecule has 0 spiro atoms. The first-order chi connectivity index (χ1) is 16.8. The minimum Gasteiger partial charge on any atom is -0.493 e. The molecule has 2 fully saturated rings. The van der Waals surface area contributed by atoms with E-state index in [-0.39, 0.29) is 17.4 Å². The number of hydrogen-bond donors (Lipinski definition) is 0. The largest absolute Gasteiger partial charge is 0.493 e. The highest BCUT2D eigenvalue weighted by atomic mass is 127. The van der Waals surface area contributed by atoms with Crippen molar-refractivity contribution in [3.63, 3.8) is 0 Å². The highest BCUT2D eigenvalue weighted by Gasteiger charge is 2.37. The number of piperidine rings is 1. The quantitative estimate of drug-likeness (QED) is 0.320. The summed E-state index contributed by atoms with van der Waals surface area (Å²) in [7, 11) is 1.55. The van der Waals surface area contributed by atoms with E-state index in [9.17, 15) is 14.4 Å². The molecule has 2 aliphatic heterocycles. The number of methoxy groups -OCH3 is 1. The van der Waals surface area contributed by atoms with Crippen LogP contribution >= 0.6 is 34.4 Å². The summed E-state index contributed by atoms with van der Waals surface area (Å²) in [5.41, 5.74) is 1.74. The van der Waals surface area contributed by atoms with Crippen molar-refractivity contribution in [2.75, 3.05) is 26.7 Å². The van der Waals surface area contributed by atoms with Gasteiger partial charge in [-0.05, 0) is 94.6 Å². The van der Waals surface area contributed by atoms with E-state index in [1.807, 2.05) is 24.3 Å². The SMILES string of the molecule is COc1cc(/C=C2\SC(=O)N(CC(=O)N3CCC(C)CC3)C2=O)ccc1OCc1ccc(I)cc1. The molecule has 0 saturated carbocycles. The van der Waals surface area contributed by atoms with Gasteiger partial charge in [0.05, 0.1) is 12.0 Å². The Bertz CT molecular complexity index is 1140. The lowest BCUT2D eigenvalue weighted by Gasteiger charge is -2.31. The number of likely N-dealkylation sites (tertiary alicyclic amines) is 1. The highest BCUT2D eigenvalue weighted by Crippen LogP contribution is 2.35. The second-order valence-corrected chi connectivity index (χ2v) is 10.9. The first-order valence-electron chi connectivity index (χ1n) is 11.4. The molecule has 3 amide bonds. The molecule has 0 aromatic heterocycles. The summed E-state index contributed by atoms with van der Waals surface area (Å²) in [6.07, 6.45) is 3.53. The van der Waals surface area contributed by atoms with Gasteiger partial charge in [0, 0.05) is 16.7 Å². The Labute approximate surface area is 223 Å². The van der Waals surface area contributed by atoms with Crippen LogP contribution in [0.1, 0.15) is 30.9 Å². The summed E-state index contributed by atoms with van der Waals surface area (Å²) in [6.45, 7) is 3.69. The third kappa shape index (κ3) is 6.38. The lowest BCUT2D eigenvalue weighted by molar-refractivity contribution is -0.136. The number of thioether (sulfide) groups is 1.